The Hall–Kier alpha value is -1.69. The highest BCUT2D eigenvalue weighted by molar-refractivity contribution is 8.00. The quantitative estimate of drug-likeness (QED) is 0.870. The first-order valence-corrected chi connectivity index (χ1v) is 8.03. The Bertz CT molecular complexity index is 521. The van der Waals surface area contributed by atoms with Crippen LogP contribution in [-0.4, -0.2) is 42.7 Å². The van der Waals surface area contributed by atoms with Crippen LogP contribution in [0.1, 0.15) is 24.3 Å². The Labute approximate surface area is 129 Å². The Balaban J connectivity index is 2.11. The van der Waals surface area contributed by atoms with Gasteiger partial charge in [-0.1, -0.05) is 18.2 Å². The lowest BCUT2D eigenvalue weighted by Crippen LogP contribution is -2.33. The molecule has 1 fully saturated rings. The Morgan fingerprint density at radius 1 is 1.48 bits per heavy atom. The highest BCUT2D eigenvalue weighted by atomic mass is 32.2. The monoisotopic (exact) mass is 308 g/mol. The van der Waals surface area contributed by atoms with Crippen LogP contribution in [0.15, 0.2) is 24.3 Å². The Kier molecular flexibility index (Phi) is 5.50. The van der Waals surface area contributed by atoms with Gasteiger partial charge < -0.3 is 15.0 Å². The number of ether oxygens (including phenoxy) is 1. The maximum absolute atomic E-state index is 12.1. The van der Waals surface area contributed by atoms with Crippen LogP contribution in [0.2, 0.25) is 0 Å². The van der Waals surface area contributed by atoms with Crippen LogP contribution in [-0.2, 0) is 9.59 Å². The number of para-hydroxylation sites is 1. The van der Waals surface area contributed by atoms with Gasteiger partial charge in [0.1, 0.15) is 11.1 Å². The molecule has 114 valence electrons. The molecule has 1 aromatic carbocycles. The average molecular weight is 308 g/mol. The van der Waals surface area contributed by atoms with E-state index in [1.807, 2.05) is 31.2 Å². The van der Waals surface area contributed by atoms with Crippen molar-refractivity contribution >= 4 is 23.6 Å². The van der Waals surface area contributed by atoms with Gasteiger partial charge in [0.25, 0.3) is 0 Å². The SMILES string of the molecule is CCNC(=O)CCN1C(=O)CS[C@H]1c1ccccc1OC. The molecular weight excluding hydrogens is 288 g/mol. The van der Waals surface area contributed by atoms with E-state index in [-0.39, 0.29) is 17.2 Å². The minimum Gasteiger partial charge on any atom is -0.496 e. The van der Waals surface area contributed by atoms with Crippen molar-refractivity contribution in [2.45, 2.75) is 18.7 Å². The van der Waals surface area contributed by atoms with Gasteiger partial charge >= 0.3 is 0 Å². The van der Waals surface area contributed by atoms with Gasteiger partial charge in [-0.3, -0.25) is 9.59 Å². The summed E-state index contributed by atoms with van der Waals surface area (Å²) in [4.78, 5) is 25.4. The number of hydrogen-bond acceptors (Lipinski definition) is 4. The number of benzene rings is 1. The van der Waals surface area contributed by atoms with Gasteiger partial charge in [0.05, 0.1) is 12.9 Å². The van der Waals surface area contributed by atoms with Gasteiger partial charge in [-0.15, -0.1) is 11.8 Å². The molecule has 0 saturated carbocycles. The zero-order chi connectivity index (χ0) is 15.2. The number of thioether (sulfide) groups is 1. The van der Waals surface area contributed by atoms with Crippen LogP contribution in [0, 0.1) is 0 Å². The van der Waals surface area contributed by atoms with Gasteiger partial charge in [-0.05, 0) is 13.0 Å². The second-order valence-electron chi connectivity index (χ2n) is 4.70. The molecule has 1 aliphatic rings. The van der Waals surface area contributed by atoms with Crippen molar-refractivity contribution in [2.75, 3.05) is 26.0 Å². The van der Waals surface area contributed by atoms with E-state index < -0.39 is 0 Å². The average Bonchev–Trinajstić information content (AvgIpc) is 2.86. The van der Waals surface area contributed by atoms with Crippen LogP contribution in [0.5, 0.6) is 5.75 Å². The number of nitrogens with zero attached hydrogens (tertiary/aromatic N) is 1. The lowest BCUT2D eigenvalue weighted by Gasteiger charge is -2.25. The normalized spacial score (nSPS) is 17.9. The van der Waals surface area contributed by atoms with Gasteiger partial charge in [0, 0.05) is 25.1 Å². The first-order valence-electron chi connectivity index (χ1n) is 6.98. The van der Waals surface area contributed by atoms with Crippen molar-refractivity contribution in [1.82, 2.24) is 10.2 Å². The minimum absolute atomic E-state index is 0.0269. The number of carbonyl (C=O) groups is 2. The fourth-order valence-corrected chi connectivity index (χ4v) is 3.57. The van der Waals surface area contributed by atoms with E-state index in [0.717, 1.165) is 11.3 Å². The van der Waals surface area contributed by atoms with Crippen molar-refractivity contribution in [3.8, 4) is 5.75 Å². The molecular formula is C15H20N2O3S. The first-order chi connectivity index (χ1) is 10.2. The van der Waals surface area contributed by atoms with Crippen LogP contribution < -0.4 is 10.1 Å². The maximum Gasteiger partial charge on any atom is 0.233 e. The third-order valence-corrected chi connectivity index (χ3v) is 4.56. The molecule has 5 nitrogen and oxygen atoms in total. The molecule has 21 heavy (non-hydrogen) atoms. The molecule has 2 rings (SSSR count). The van der Waals surface area contributed by atoms with E-state index in [1.165, 1.54) is 0 Å². The molecule has 0 bridgehead atoms. The molecule has 1 N–H and O–H groups in total. The summed E-state index contributed by atoms with van der Waals surface area (Å²) in [7, 11) is 1.62. The van der Waals surface area contributed by atoms with Crippen molar-refractivity contribution in [2.24, 2.45) is 0 Å². The van der Waals surface area contributed by atoms with Crippen molar-refractivity contribution in [3.63, 3.8) is 0 Å². The summed E-state index contributed by atoms with van der Waals surface area (Å²) < 4.78 is 5.37. The zero-order valence-electron chi connectivity index (χ0n) is 12.3. The zero-order valence-corrected chi connectivity index (χ0v) is 13.1. The standard InChI is InChI=1S/C15H20N2O3S/c1-3-16-13(18)8-9-17-14(19)10-21-15(17)11-6-4-5-7-12(11)20-2/h4-7,15H,3,8-10H2,1-2H3,(H,16,18)/t15-/m0/s1. The molecule has 1 saturated heterocycles. The Morgan fingerprint density at radius 3 is 2.95 bits per heavy atom. The third-order valence-electron chi connectivity index (χ3n) is 3.33. The van der Waals surface area contributed by atoms with E-state index in [0.29, 0.717) is 25.3 Å². The molecule has 1 heterocycles. The second kappa shape index (κ2) is 7.36. The molecule has 6 heteroatoms. The molecule has 0 aliphatic carbocycles. The van der Waals surface area contributed by atoms with Gasteiger partial charge in [-0.25, -0.2) is 0 Å². The number of rotatable bonds is 6. The highest BCUT2D eigenvalue weighted by Gasteiger charge is 2.34. The van der Waals surface area contributed by atoms with Crippen molar-refractivity contribution in [1.29, 1.82) is 0 Å². The largest absolute Gasteiger partial charge is 0.496 e. The lowest BCUT2D eigenvalue weighted by molar-refractivity contribution is -0.129. The predicted octanol–water partition coefficient (Wildman–Crippen LogP) is 1.80. The van der Waals surface area contributed by atoms with E-state index in [9.17, 15) is 9.59 Å². The van der Waals surface area contributed by atoms with Crippen LogP contribution in [0.4, 0.5) is 0 Å². The third kappa shape index (κ3) is 3.69. The summed E-state index contributed by atoms with van der Waals surface area (Å²) >= 11 is 1.57. The number of carbonyl (C=O) groups excluding carboxylic acids is 2. The van der Waals surface area contributed by atoms with Gasteiger partial charge in [0.15, 0.2) is 0 Å². The summed E-state index contributed by atoms with van der Waals surface area (Å²) in [5.41, 5.74) is 0.978. The minimum atomic E-state index is -0.0805. The number of nitrogens with one attached hydrogen (secondary N) is 1. The first kappa shape index (κ1) is 15.7. The molecule has 0 aromatic heterocycles. The Morgan fingerprint density at radius 2 is 2.24 bits per heavy atom. The number of hydrogen-bond donors (Lipinski definition) is 1. The van der Waals surface area contributed by atoms with E-state index >= 15 is 0 Å². The summed E-state index contributed by atoms with van der Waals surface area (Å²) in [5, 5.41) is 2.67. The number of amides is 2. The highest BCUT2D eigenvalue weighted by Crippen LogP contribution is 2.42. The summed E-state index contributed by atoms with van der Waals surface area (Å²) in [6, 6.07) is 7.70. The maximum atomic E-state index is 12.1. The molecule has 1 aromatic rings. The lowest BCUT2D eigenvalue weighted by atomic mass is 10.1. The molecule has 2 amide bonds. The van der Waals surface area contributed by atoms with Crippen LogP contribution in [0.3, 0.4) is 0 Å². The van der Waals surface area contributed by atoms with E-state index in [1.54, 1.807) is 23.8 Å². The number of methoxy groups -OCH3 is 1. The van der Waals surface area contributed by atoms with Crippen LogP contribution >= 0.6 is 11.8 Å². The van der Waals surface area contributed by atoms with Crippen LogP contribution in [0.25, 0.3) is 0 Å². The molecule has 1 atom stereocenters. The van der Waals surface area contributed by atoms with Gasteiger partial charge in [0.2, 0.25) is 11.8 Å². The second-order valence-corrected chi connectivity index (χ2v) is 5.76. The summed E-state index contributed by atoms with van der Waals surface area (Å²) in [6.07, 6.45) is 0.325. The molecule has 0 radical (unpaired) electrons. The molecule has 1 aliphatic heterocycles. The molecule has 0 spiro atoms. The van der Waals surface area contributed by atoms with Crippen molar-refractivity contribution < 1.29 is 14.3 Å². The fourth-order valence-electron chi connectivity index (χ4n) is 2.33. The summed E-state index contributed by atoms with van der Waals surface area (Å²) in [6.45, 7) is 2.92. The van der Waals surface area contributed by atoms with E-state index in [2.05, 4.69) is 5.32 Å². The van der Waals surface area contributed by atoms with Crippen molar-refractivity contribution in [3.05, 3.63) is 29.8 Å². The fraction of sp³-hybridized carbons (Fsp3) is 0.467. The molecule has 0 unspecified atom stereocenters. The van der Waals surface area contributed by atoms with E-state index in [4.69, 9.17) is 4.74 Å². The van der Waals surface area contributed by atoms with Gasteiger partial charge in [-0.2, -0.15) is 0 Å². The smallest absolute Gasteiger partial charge is 0.233 e. The summed E-state index contributed by atoms with van der Waals surface area (Å²) in [5.74, 6) is 1.26. The predicted molar refractivity (Wildman–Crippen MR) is 83.2 cm³/mol. The topological polar surface area (TPSA) is 58.6 Å².